The van der Waals surface area contributed by atoms with Crippen LogP contribution in [0.5, 0.6) is 0 Å². The second-order valence-electron chi connectivity index (χ2n) is 4.72. The lowest BCUT2D eigenvalue weighted by Crippen LogP contribution is -2.11. The van der Waals surface area contributed by atoms with E-state index in [9.17, 15) is 0 Å². The SMILES string of the molecule is CC(N)c1ccc(N(C)c2cccc(C#N)c2)c(Br)c1. The average molecular weight is 330 g/mol. The molecule has 3 nitrogen and oxygen atoms in total. The predicted molar refractivity (Wildman–Crippen MR) is 86.0 cm³/mol. The van der Waals surface area contributed by atoms with E-state index in [2.05, 4.69) is 22.0 Å². The highest BCUT2D eigenvalue weighted by atomic mass is 79.9. The van der Waals surface area contributed by atoms with Crippen LogP contribution in [0.25, 0.3) is 0 Å². The zero-order valence-electron chi connectivity index (χ0n) is 11.5. The Bertz CT molecular complexity index is 659. The van der Waals surface area contributed by atoms with Crippen molar-refractivity contribution in [1.29, 1.82) is 5.26 Å². The normalized spacial score (nSPS) is 11.8. The van der Waals surface area contributed by atoms with Gasteiger partial charge >= 0.3 is 0 Å². The Morgan fingerprint density at radius 2 is 2.00 bits per heavy atom. The quantitative estimate of drug-likeness (QED) is 0.921. The Hall–Kier alpha value is -1.83. The van der Waals surface area contributed by atoms with Crippen LogP contribution < -0.4 is 10.6 Å². The molecule has 2 aromatic rings. The smallest absolute Gasteiger partial charge is 0.0992 e. The largest absolute Gasteiger partial charge is 0.344 e. The Balaban J connectivity index is 2.38. The van der Waals surface area contributed by atoms with Crippen molar-refractivity contribution in [2.45, 2.75) is 13.0 Å². The first-order chi connectivity index (χ1) is 9.52. The van der Waals surface area contributed by atoms with Crippen molar-refractivity contribution in [3.05, 3.63) is 58.1 Å². The Labute approximate surface area is 127 Å². The van der Waals surface area contributed by atoms with E-state index in [1.54, 1.807) is 6.07 Å². The molecule has 1 unspecified atom stereocenters. The van der Waals surface area contributed by atoms with E-state index in [1.165, 1.54) is 0 Å². The molecule has 0 fully saturated rings. The molecule has 0 amide bonds. The second-order valence-corrected chi connectivity index (χ2v) is 5.58. The second kappa shape index (κ2) is 6.08. The van der Waals surface area contributed by atoms with Gasteiger partial charge in [0.2, 0.25) is 0 Å². The first-order valence-electron chi connectivity index (χ1n) is 6.32. The van der Waals surface area contributed by atoms with Crippen LogP contribution in [0, 0.1) is 11.3 Å². The van der Waals surface area contributed by atoms with Crippen molar-refractivity contribution in [2.75, 3.05) is 11.9 Å². The molecule has 0 aliphatic heterocycles. The van der Waals surface area contributed by atoms with E-state index >= 15 is 0 Å². The van der Waals surface area contributed by atoms with Gasteiger partial charge in [-0.1, -0.05) is 12.1 Å². The number of rotatable bonds is 3. The fraction of sp³-hybridized carbons (Fsp3) is 0.188. The molecule has 2 N–H and O–H groups in total. The van der Waals surface area contributed by atoms with Crippen LogP contribution in [0.3, 0.4) is 0 Å². The van der Waals surface area contributed by atoms with Crippen LogP contribution in [0.15, 0.2) is 46.9 Å². The Kier molecular flexibility index (Phi) is 4.43. The molecule has 2 rings (SSSR count). The topological polar surface area (TPSA) is 53.0 Å². The van der Waals surface area contributed by atoms with Crippen LogP contribution in [0.2, 0.25) is 0 Å². The minimum atomic E-state index is 0.00701. The fourth-order valence-electron chi connectivity index (χ4n) is 2.00. The van der Waals surface area contributed by atoms with Gasteiger partial charge in [0.05, 0.1) is 17.3 Å². The van der Waals surface area contributed by atoms with Crippen LogP contribution in [0.1, 0.15) is 24.1 Å². The summed E-state index contributed by atoms with van der Waals surface area (Å²) >= 11 is 3.59. The summed E-state index contributed by atoms with van der Waals surface area (Å²) < 4.78 is 0.983. The lowest BCUT2D eigenvalue weighted by molar-refractivity contribution is 0.817. The van der Waals surface area contributed by atoms with Crippen molar-refractivity contribution in [2.24, 2.45) is 5.73 Å². The van der Waals surface area contributed by atoms with Crippen molar-refractivity contribution in [3.63, 3.8) is 0 Å². The summed E-state index contributed by atoms with van der Waals surface area (Å²) in [6.07, 6.45) is 0. The standard InChI is InChI=1S/C16H16BrN3/c1-11(19)13-6-7-16(15(17)9-13)20(2)14-5-3-4-12(8-14)10-18/h3-9,11H,19H2,1-2H3. The van der Waals surface area contributed by atoms with Gasteiger partial charge in [-0.05, 0) is 58.7 Å². The third-order valence-corrected chi connectivity index (χ3v) is 3.86. The van der Waals surface area contributed by atoms with Gasteiger partial charge in [-0.3, -0.25) is 0 Å². The maximum Gasteiger partial charge on any atom is 0.0992 e. The van der Waals surface area contributed by atoms with Crippen molar-refractivity contribution in [3.8, 4) is 6.07 Å². The van der Waals surface area contributed by atoms with E-state index in [4.69, 9.17) is 11.0 Å². The van der Waals surface area contributed by atoms with Crippen LogP contribution in [-0.4, -0.2) is 7.05 Å². The van der Waals surface area contributed by atoms with Crippen molar-refractivity contribution < 1.29 is 0 Å². The lowest BCUT2D eigenvalue weighted by Gasteiger charge is -2.22. The minimum absolute atomic E-state index is 0.00701. The summed E-state index contributed by atoms with van der Waals surface area (Å²) in [5.41, 5.74) is 9.62. The monoisotopic (exact) mass is 329 g/mol. The number of anilines is 2. The molecule has 0 heterocycles. The van der Waals surface area contributed by atoms with E-state index in [0.29, 0.717) is 5.56 Å². The zero-order valence-corrected chi connectivity index (χ0v) is 13.1. The Morgan fingerprint density at radius 3 is 2.60 bits per heavy atom. The third kappa shape index (κ3) is 3.01. The summed E-state index contributed by atoms with van der Waals surface area (Å²) in [6, 6.07) is 15.8. The molecule has 2 aromatic carbocycles. The van der Waals surface area contributed by atoms with Crippen LogP contribution in [0.4, 0.5) is 11.4 Å². The van der Waals surface area contributed by atoms with Crippen LogP contribution in [-0.2, 0) is 0 Å². The zero-order chi connectivity index (χ0) is 14.7. The lowest BCUT2D eigenvalue weighted by atomic mass is 10.1. The molecule has 0 saturated heterocycles. The summed E-state index contributed by atoms with van der Waals surface area (Å²) in [4.78, 5) is 2.04. The predicted octanol–water partition coefficient (Wildman–Crippen LogP) is 4.11. The summed E-state index contributed by atoms with van der Waals surface area (Å²) in [5, 5.41) is 8.97. The average Bonchev–Trinajstić information content (AvgIpc) is 2.46. The Morgan fingerprint density at radius 1 is 1.25 bits per heavy atom. The number of hydrogen-bond acceptors (Lipinski definition) is 3. The van der Waals surface area contributed by atoms with Gasteiger partial charge in [0, 0.05) is 23.2 Å². The first-order valence-corrected chi connectivity index (χ1v) is 7.11. The molecular formula is C16H16BrN3. The van der Waals surface area contributed by atoms with Crippen LogP contribution >= 0.6 is 15.9 Å². The highest BCUT2D eigenvalue weighted by molar-refractivity contribution is 9.10. The molecule has 0 aliphatic carbocycles. The molecule has 1 atom stereocenters. The molecule has 0 spiro atoms. The molecule has 4 heteroatoms. The van der Waals surface area contributed by atoms with Gasteiger partial charge in [0.1, 0.15) is 0 Å². The molecule has 102 valence electrons. The van der Waals surface area contributed by atoms with E-state index in [1.807, 2.05) is 55.3 Å². The molecule has 0 saturated carbocycles. The van der Waals surface area contributed by atoms with Gasteiger partial charge in [0.15, 0.2) is 0 Å². The van der Waals surface area contributed by atoms with E-state index in [0.717, 1.165) is 21.4 Å². The van der Waals surface area contributed by atoms with Crippen molar-refractivity contribution >= 4 is 27.3 Å². The van der Waals surface area contributed by atoms with Crippen molar-refractivity contribution in [1.82, 2.24) is 0 Å². The van der Waals surface area contributed by atoms with Gasteiger partial charge < -0.3 is 10.6 Å². The fourth-order valence-corrected chi connectivity index (χ4v) is 2.66. The summed E-state index contributed by atoms with van der Waals surface area (Å²) in [6.45, 7) is 1.96. The molecule has 0 aromatic heterocycles. The first kappa shape index (κ1) is 14.6. The number of nitrogens with two attached hydrogens (primary N) is 1. The number of halogens is 1. The summed E-state index contributed by atoms with van der Waals surface area (Å²) in [5.74, 6) is 0. The van der Waals surface area contributed by atoms with Gasteiger partial charge in [0.25, 0.3) is 0 Å². The third-order valence-electron chi connectivity index (χ3n) is 3.22. The highest BCUT2D eigenvalue weighted by Gasteiger charge is 2.10. The molecular weight excluding hydrogens is 314 g/mol. The van der Waals surface area contributed by atoms with Gasteiger partial charge in [-0.25, -0.2) is 0 Å². The van der Waals surface area contributed by atoms with E-state index < -0.39 is 0 Å². The highest BCUT2D eigenvalue weighted by Crippen LogP contribution is 2.32. The number of benzene rings is 2. The van der Waals surface area contributed by atoms with Gasteiger partial charge in [-0.15, -0.1) is 0 Å². The molecule has 20 heavy (non-hydrogen) atoms. The maximum atomic E-state index is 8.97. The van der Waals surface area contributed by atoms with Gasteiger partial charge in [-0.2, -0.15) is 5.26 Å². The minimum Gasteiger partial charge on any atom is -0.344 e. The number of nitrogens with zero attached hydrogens (tertiary/aromatic N) is 2. The number of nitriles is 1. The molecule has 0 bridgehead atoms. The number of hydrogen-bond donors (Lipinski definition) is 1. The molecule has 0 radical (unpaired) electrons. The maximum absolute atomic E-state index is 8.97. The van der Waals surface area contributed by atoms with E-state index in [-0.39, 0.29) is 6.04 Å². The molecule has 0 aliphatic rings. The summed E-state index contributed by atoms with van der Waals surface area (Å²) in [7, 11) is 1.97.